The van der Waals surface area contributed by atoms with Crippen molar-refractivity contribution in [2.45, 2.75) is 19.4 Å². The van der Waals surface area contributed by atoms with E-state index in [-0.39, 0.29) is 17.5 Å². The van der Waals surface area contributed by atoms with Crippen molar-refractivity contribution < 1.29 is 13.2 Å². The molecule has 0 radical (unpaired) electrons. The Hall–Kier alpha value is -1.07. The van der Waals surface area contributed by atoms with Gasteiger partial charge in [-0.1, -0.05) is 19.1 Å². The lowest BCUT2D eigenvalue weighted by molar-refractivity contribution is 0.414. The first-order chi connectivity index (χ1) is 8.52. The Balaban J connectivity index is 2.82. The van der Waals surface area contributed by atoms with E-state index in [1.807, 2.05) is 31.2 Å². The molecule has 1 atom stereocenters. The van der Waals surface area contributed by atoms with Gasteiger partial charge in [0.25, 0.3) is 0 Å². The van der Waals surface area contributed by atoms with Crippen molar-refractivity contribution in [3.63, 3.8) is 0 Å². The van der Waals surface area contributed by atoms with Crippen LogP contribution in [0, 0.1) is 0 Å². The van der Waals surface area contributed by atoms with Gasteiger partial charge in [-0.05, 0) is 31.2 Å². The van der Waals surface area contributed by atoms with Crippen molar-refractivity contribution in [2.24, 2.45) is 0 Å². The highest BCUT2D eigenvalue weighted by Gasteiger charge is 2.18. The van der Waals surface area contributed by atoms with E-state index in [0.717, 1.165) is 11.3 Å². The van der Waals surface area contributed by atoms with Crippen LogP contribution in [0.1, 0.15) is 24.9 Å². The quantitative estimate of drug-likeness (QED) is 0.821. The Morgan fingerprint density at radius 2 is 1.89 bits per heavy atom. The summed E-state index contributed by atoms with van der Waals surface area (Å²) in [6.45, 7) is 1.87. The first kappa shape index (κ1) is 15.0. The van der Waals surface area contributed by atoms with Gasteiger partial charge in [-0.15, -0.1) is 0 Å². The zero-order valence-corrected chi connectivity index (χ0v) is 12.0. The average Bonchev–Trinajstić information content (AvgIpc) is 2.36. The van der Waals surface area contributed by atoms with E-state index in [4.69, 9.17) is 4.74 Å². The Bertz CT molecular complexity index is 454. The Morgan fingerprint density at radius 3 is 2.33 bits per heavy atom. The molecule has 5 heteroatoms. The van der Waals surface area contributed by atoms with Crippen LogP contribution < -0.4 is 10.1 Å². The molecule has 0 saturated heterocycles. The van der Waals surface area contributed by atoms with Gasteiger partial charge in [-0.3, -0.25) is 0 Å². The lowest BCUT2D eigenvalue weighted by Crippen LogP contribution is -2.26. The number of nitrogens with one attached hydrogen (secondary N) is 1. The SMILES string of the molecule is CCCS(=O)(=O)CC(NC)c1ccc(OC)cc1. The third kappa shape index (κ3) is 4.31. The Labute approximate surface area is 109 Å². The summed E-state index contributed by atoms with van der Waals surface area (Å²) < 4.78 is 28.7. The monoisotopic (exact) mass is 271 g/mol. The van der Waals surface area contributed by atoms with Crippen LogP contribution in [0.5, 0.6) is 5.75 Å². The molecule has 1 unspecified atom stereocenters. The molecule has 1 aromatic rings. The summed E-state index contributed by atoms with van der Waals surface area (Å²) in [4.78, 5) is 0. The molecule has 1 aromatic carbocycles. The zero-order chi connectivity index (χ0) is 13.6. The summed E-state index contributed by atoms with van der Waals surface area (Å²) in [5, 5.41) is 3.05. The van der Waals surface area contributed by atoms with Crippen LogP contribution in [-0.2, 0) is 9.84 Å². The molecule has 0 aliphatic carbocycles. The fraction of sp³-hybridized carbons (Fsp3) is 0.538. The molecule has 0 saturated carbocycles. The van der Waals surface area contributed by atoms with E-state index in [1.165, 1.54) is 0 Å². The maximum absolute atomic E-state index is 11.8. The second kappa shape index (κ2) is 6.75. The van der Waals surface area contributed by atoms with Gasteiger partial charge in [0.1, 0.15) is 5.75 Å². The van der Waals surface area contributed by atoms with Gasteiger partial charge in [0.2, 0.25) is 0 Å². The second-order valence-electron chi connectivity index (χ2n) is 4.23. The molecule has 0 fully saturated rings. The van der Waals surface area contributed by atoms with Gasteiger partial charge in [-0.25, -0.2) is 8.42 Å². The molecule has 18 heavy (non-hydrogen) atoms. The van der Waals surface area contributed by atoms with Gasteiger partial charge >= 0.3 is 0 Å². The number of ether oxygens (including phenoxy) is 1. The average molecular weight is 271 g/mol. The van der Waals surface area contributed by atoms with Crippen molar-refractivity contribution in [3.8, 4) is 5.75 Å². The largest absolute Gasteiger partial charge is 0.497 e. The molecule has 0 bridgehead atoms. The van der Waals surface area contributed by atoms with E-state index < -0.39 is 9.84 Å². The first-order valence-electron chi connectivity index (χ1n) is 6.04. The van der Waals surface area contributed by atoms with Gasteiger partial charge in [-0.2, -0.15) is 0 Å². The highest BCUT2D eigenvalue weighted by molar-refractivity contribution is 7.91. The maximum atomic E-state index is 11.8. The molecule has 0 spiro atoms. The molecule has 1 rings (SSSR count). The van der Waals surface area contributed by atoms with E-state index in [2.05, 4.69) is 5.32 Å². The van der Waals surface area contributed by atoms with Crippen LogP contribution in [0.15, 0.2) is 24.3 Å². The predicted molar refractivity (Wildman–Crippen MR) is 73.7 cm³/mol. The van der Waals surface area contributed by atoms with E-state index in [9.17, 15) is 8.42 Å². The highest BCUT2D eigenvalue weighted by Crippen LogP contribution is 2.19. The van der Waals surface area contributed by atoms with Gasteiger partial charge in [0.15, 0.2) is 9.84 Å². The molecule has 0 amide bonds. The molecule has 0 aliphatic rings. The molecule has 1 N–H and O–H groups in total. The molecule has 4 nitrogen and oxygen atoms in total. The lowest BCUT2D eigenvalue weighted by Gasteiger charge is -2.17. The van der Waals surface area contributed by atoms with Crippen LogP contribution in [0.2, 0.25) is 0 Å². The fourth-order valence-corrected chi connectivity index (χ4v) is 3.49. The summed E-state index contributed by atoms with van der Waals surface area (Å²) in [6.07, 6.45) is 0.654. The molecular weight excluding hydrogens is 250 g/mol. The van der Waals surface area contributed by atoms with Crippen LogP contribution in [0.25, 0.3) is 0 Å². The summed E-state index contributed by atoms with van der Waals surface area (Å²) >= 11 is 0. The van der Waals surface area contributed by atoms with Crippen molar-refractivity contribution in [3.05, 3.63) is 29.8 Å². The standard InChI is InChI=1S/C13H21NO3S/c1-4-9-18(15,16)10-13(14-2)11-5-7-12(17-3)8-6-11/h5-8,13-14H,4,9-10H2,1-3H3. The van der Waals surface area contributed by atoms with Crippen LogP contribution in [-0.4, -0.2) is 34.1 Å². The normalized spacial score (nSPS) is 13.3. The number of methoxy groups -OCH3 is 1. The number of rotatable bonds is 7. The first-order valence-corrected chi connectivity index (χ1v) is 7.86. The van der Waals surface area contributed by atoms with Gasteiger partial charge in [0, 0.05) is 11.8 Å². The van der Waals surface area contributed by atoms with Crippen LogP contribution in [0.3, 0.4) is 0 Å². The molecule has 0 heterocycles. The molecule has 102 valence electrons. The predicted octanol–water partition coefficient (Wildman–Crippen LogP) is 1.78. The van der Waals surface area contributed by atoms with Crippen molar-refractivity contribution >= 4 is 9.84 Å². The minimum Gasteiger partial charge on any atom is -0.497 e. The van der Waals surface area contributed by atoms with Crippen LogP contribution in [0.4, 0.5) is 0 Å². The second-order valence-corrected chi connectivity index (χ2v) is 6.46. The number of benzene rings is 1. The molecule has 0 aliphatic heterocycles. The minimum atomic E-state index is -3.00. The van der Waals surface area contributed by atoms with Crippen molar-refractivity contribution in [2.75, 3.05) is 25.7 Å². The molecular formula is C13H21NO3S. The number of hydrogen-bond donors (Lipinski definition) is 1. The van der Waals surface area contributed by atoms with Crippen LogP contribution >= 0.6 is 0 Å². The smallest absolute Gasteiger partial charge is 0.152 e. The van der Waals surface area contributed by atoms with Gasteiger partial charge < -0.3 is 10.1 Å². The third-order valence-electron chi connectivity index (χ3n) is 2.80. The summed E-state index contributed by atoms with van der Waals surface area (Å²) in [6, 6.07) is 7.29. The minimum absolute atomic E-state index is 0.129. The summed E-state index contributed by atoms with van der Waals surface area (Å²) in [5.74, 6) is 1.13. The van der Waals surface area contributed by atoms with Crippen molar-refractivity contribution in [1.82, 2.24) is 5.32 Å². The molecule has 0 aromatic heterocycles. The van der Waals surface area contributed by atoms with Gasteiger partial charge in [0.05, 0.1) is 12.9 Å². The zero-order valence-electron chi connectivity index (χ0n) is 11.1. The Kier molecular flexibility index (Phi) is 5.62. The number of sulfone groups is 1. The fourth-order valence-electron chi connectivity index (χ4n) is 1.83. The van der Waals surface area contributed by atoms with E-state index in [1.54, 1.807) is 14.2 Å². The topological polar surface area (TPSA) is 55.4 Å². The summed E-state index contributed by atoms with van der Waals surface area (Å²) in [7, 11) is 0.381. The van der Waals surface area contributed by atoms with E-state index >= 15 is 0 Å². The maximum Gasteiger partial charge on any atom is 0.152 e. The highest BCUT2D eigenvalue weighted by atomic mass is 32.2. The van der Waals surface area contributed by atoms with Crippen molar-refractivity contribution in [1.29, 1.82) is 0 Å². The number of hydrogen-bond acceptors (Lipinski definition) is 4. The third-order valence-corrected chi connectivity index (χ3v) is 4.67. The Morgan fingerprint density at radius 1 is 1.28 bits per heavy atom. The summed E-state index contributed by atoms with van der Waals surface area (Å²) in [5.41, 5.74) is 0.956. The lowest BCUT2D eigenvalue weighted by atomic mass is 10.1. The van der Waals surface area contributed by atoms with E-state index in [0.29, 0.717) is 6.42 Å².